The van der Waals surface area contributed by atoms with Gasteiger partial charge in [0.2, 0.25) is 0 Å². The van der Waals surface area contributed by atoms with Crippen molar-refractivity contribution in [1.29, 1.82) is 0 Å². The zero-order valence-corrected chi connectivity index (χ0v) is 12.5. The zero-order chi connectivity index (χ0) is 15.0. The van der Waals surface area contributed by atoms with E-state index in [1.807, 2.05) is 6.92 Å². The van der Waals surface area contributed by atoms with Gasteiger partial charge in [-0.2, -0.15) is 5.10 Å². The Morgan fingerprint density at radius 2 is 1.95 bits per heavy atom. The molecule has 20 heavy (non-hydrogen) atoms. The van der Waals surface area contributed by atoms with E-state index >= 15 is 0 Å². The average Bonchev–Trinajstić information content (AvgIpc) is 2.62. The van der Waals surface area contributed by atoms with E-state index in [0.29, 0.717) is 0 Å². The molecule has 108 valence electrons. The lowest BCUT2D eigenvalue weighted by atomic mass is 10.0. The highest BCUT2D eigenvalue weighted by Crippen LogP contribution is 2.27. The lowest BCUT2D eigenvalue weighted by molar-refractivity contribution is 0.434. The lowest BCUT2D eigenvalue weighted by Crippen LogP contribution is -2.18. The van der Waals surface area contributed by atoms with Gasteiger partial charge in [0.05, 0.1) is 15.9 Å². The molecule has 0 amide bonds. The molecule has 0 spiro atoms. The van der Waals surface area contributed by atoms with Crippen molar-refractivity contribution in [2.75, 3.05) is 0 Å². The maximum atomic E-state index is 13.7. The second kappa shape index (κ2) is 5.57. The summed E-state index contributed by atoms with van der Waals surface area (Å²) in [6.45, 7) is 1.82. The third-order valence-corrected chi connectivity index (χ3v) is 4.17. The number of halogens is 4. The Labute approximate surface area is 122 Å². The third kappa shape index (κ3) is 2.60. The summed E-state index contributed by atoms with van der Waals surface area (Å²) < 4.78 is 42.2. The Hall–Kier alpha value is -1.34. The normalized spacial score (nSPS) is 12.8. The first kappa shape index (κ1) is 15.1. The van der Waals surface area contributed by atoms with Crippen LogP contribution in [0, 0.1) is 24.4 Å². The summed E-state index contributed by atoms with van der Waals surface area (Å²) in [4.78, 5) is 0. The summed E-state index contributed by atoms with van der Waals surface area (Å²) in [6, 6.07) is 1.24. The summed E-state index contributed by atoms with van der Waals surface area (Å²) in [6.07, 6.45) is 0.250. The second-order valence-corrected chi connectivity index (χ2v) is 5.34. The number of hydrogen-bond acceptors (Lipinski definition) is 2. The molecule has 1 atom stereocenters. The summed E-state index contributed by atoms with van der Waals surface area (Å²) in [5, 5.41) is 4.20. The van der Waals surface area contributed by atoms with Gasteiger partial charge in [-0.3, -0.25) is 4.68 Å². The molecule has 0 aliphatic heterocycles. The van der Waals surface area contributed by atoms with Crippen LogP contribution in [0.3, 0.4) is 0 Å². The Balaban J connectivity index is 2.33. The van der Waals surface area contributed by atoms with E-state index < -0.39 is 23.5 Å². The van der Waals surface area contributed by atoms with Crippen LogP contribution in [-0.2, 0) is 13.5 Å². The molecule has 0 aliphatic rings. The van der Waals surface area contributed by atoms with Crippen molar-refractivity contribution in [2.24, 2.45) is 12.8 Å². The standard InChI is InChI=1S/C13H13BrF3N3/c1-6-11(14)10(20(2)19-6)5-9(18)7-3-4-8(15)13(17)12(7)16/h3-4,9H,5,18H2,1-2H3. The van der Waals surface area contributed by atoms with E-state index in [1.165, 1.54) is 0 Å². The number of nitrogens with two attached hydrogens (primary N) is 1. The highest BCUT2D eigenvalue weighted by atomic mass is 79.9. The van der Waals surface area contributed by atoms with Crippen molar-refractivity contribution in [3.63, 3.8) is 0 Å². The van der Waals surface area contributed by atoms with E-state index in [1.54, 1.807) is 11.7 Å². The highest BCUT2D eigenvalue weighted by Gasteiger charge is 2.21. The molecule has 7 heteroatoms. The van der Waals surface area contributed by atoms with Crippen molar-refractivity contribution in [3.8, 4) is 0 Å². The van der Waals surface area contributed by atoms with Crippen LogP contribution in [0.15, 0.2) is 16.6 Å². The molecule has 0 saturated carbocycles. The Bertz CT molecular complexity index is 655. The first-order chi connectivity index (χ1) is 9.32. The SMILES string of the molecule is Cc1nn(C)c(CC(N)c2ccc(F)c(F)c2F)c1Br. The first-order valence-electron chi connectivity index (χ1n) is 5.89. The van der Waals surface area contributed by atoms with Crippen LogP contribution in [0.25, 0.3) is 0 Å². The van der Waals surface area contributed by atoms with Crippen molar-refractivity contribution in [1.82, 2.24) is 9.78 Å². The molecule has 1 aromatic carbocycles. The van der Waals surface area contributed by atoms with E-state index in [-0.39, 0.29) is 12.0 Å². The number of hydrogen-bond donors (Lipinski definition) is 1. The molecule has 1 unspecified atom stereocenters. The van der Waals surface area contributed by atoms with Gasteiger partial charge >= 0.3 is 0 Å². The van der Waals surface area contributed by atoms with Gasteiger partial charge in [0.15, 0.2) is 17.5 Å². The van der Waals surface area contributed by atoms with Gasteiger partial charge in [0.25, 0.3) is 0 Å². The minimum Gasteiger partial charge on any atom is -0.324 e. The molecular weight excluding hydrogens is 335 g/mol. The monoisotopic (exact) mass is 347 g/mol. The van der Waals surface area contributed by atoms with E-state index in [9.17, 15) is 13.2 Å². The van der Waals surface area contributed by atoms with Gasteiger partial charge in [-0.05, 0) is 28.9 Å². The molecule has 1 heterocycles. The minimum absolute atomic E-state index is 0.0605. The fourth-order valence-electron chi connectivity index (χ4n) is 2.05. The molecule has 0 saturated heterocycles. The van der Waals surface area contributed by atoms with Crippen molar-refractivity contribution >= 4 is 15.9 Å². The van der Waals surface area contributed by atoms with Crippen molar-refractivity contribution < 1.29 is 13.2 Å². The predicted octanol–water partition coefficient (Wildman–Crippen LogP) is 3.15. The zero-order valence-electron chi connectivity index (χ0n) is 10.9. The minimum atomic E-state index is -1.50. The van der Waals surface area contributed by atoms with Crippen LogP contribution >= 0.6 is 15.9 Å². The highest BCUT2D eigenvalue weighted by molar-refractivity contribution is 9.10. The van der Waals surface area contributed by atoms with Gasteiger partial charge in [0.1, 0.15) is 0 Å². The maximum absolute atomic E-state index is 13.7. The van der Waals surface area contributed by atoms with E-state index in [4.69, 9.17) is 5.73 Å². The van der Waals surface area contributed by atoms with Gasteiger partial charge in [0, 0.05) is 25.1 Å². The second-order valence-electron chi connectivity index (χ2n) is 4.54. The van der Waals surface area contributed by atoms with Crippen LogP contribution < -0.4 is 5.73 Å². The molecule has 2 rings (SSSR count). The molecule has 1 aromatic heterocycles. The smallest absolute Gasteiger partial charge is 0.194 e. The molecule has 0 radical (unpaired) electrons. The van der Waals surface area contributed by atoms with Gasteiger partial charge < -0.3 is 5.73 Å². The van der Waals surface area contributed by atoms with E-state index in [2.05, 4.69) is 21.0 Å². The number of aryl methyl sites for hydroxylation is 2. The summed E-state index contributed by atoms with van der Waals surface area (Å²) in [7, 11) is 1.74. The van der Waals surface area contributed by atoms with Gasteiger partial charge in [-0.25, -0.2) is 13.2 Å². The number of aromatic nitrogens is 2. The van der Waals surface area contributed by atoms with Crippen LogP contribution in [0.5, 0.6) is 0 Å². The van der Waals surface area contributed by atoms with Crippen LogP contribution in [-0.4, -0.2) is 9.78 Å². The molecular formula is C13H13BrF3N3. The summed E-state index contributed by atoms with van der Waals surface area (Å²) in [5.74, 6) is -3.97. The average molecular weight is 348 g/mol. The molecule has 2 N–H and O–H groups in total. The predicted molar refractivity (Wildman–Crippen MR) is 72.6 cm³/mol. The molecule has 0 bridgehead atoms. The van der Waals surface area contributed by atoms with Crippen molar-refractivity contribution in [2.45, 2.75) is 19.4 Å². The fourth-order valence-corrected chi connectivity index (χ4v) is 2.55. The Morgan fingerprint density at radius 1 is 1.30 bits per heavy atom. The molecule has 0 aliphatic carbocycles. The third-order valence-electron chi connectivity index (χ3n) is 3.14. The largest absolute Gasteiger partial charge is 0.324 e. The van der Waals surface area contributed by atoms with Gasteiger partial charge in [-0.15, -0.1) is 0 Å². The lowest BCUT2D eigenvalue weighted by Gasteiger charge is -2.14. The van der Waals surface area contributed by atoms with Crippen molar-refractivity contribution in [3.05, 3.63) is 51.0 Å². The topological polar surface area (TPSA) is 43.8 Å². The molecule has 0 fully saturated rings. The fraction of sp³-hybridized carbons (Fsp3) is 0.308. The van der Waals surface area contributed by atoms with Gasteiger partial charge in [-0.1, -0.05) is 6.07 Å². The summed E-state index contributed by atoms with van der Waals surface area (Å²) >= 11 is 3.38. The van der Waals surface area contributed by atoms with Crippen LogP contribution in [0.2, 0.25) is 0 Å². The number of nitrogens with zero attached hydrogens (tertiary/aromatic N) is 2. The van der Waals surface area contributed by atoms with Crippen LogP contribution in [0.1, 0.15) is 23.0 Å². The molecule has 3 nitrogen and oxygen atoms in total. The Morgan fingerprint density at radius 3 is 2.50 bits per heavy atom. The number of rotatable bonds is 3. The maximum Gasteiger partial charge on any atom is 0.194 e. The summed E-state index contributed by atoms with van der Waals surface area (Å²) in [5.41, 5.74) is 7.38. The van der Waals surface area contributed by atoms with Crippen LogP contribution in [0.4, 0.5) is 13.2 Å². The van der Waals surface area contributed by atoms with E-state index in [0.717, 1.165) is 28.0 Å². The quantitative estimate of drug-likeness (QED) is 0.866. The Kier molecular flexibility index (Phi) is 4.19. The number of benzene rings is 1. The molecule has 2 aromatic rings. The first-order valence-corrected chi connectivity index (χ1v) is 6.69.